The molecule has 1 saturated heterocycles. The van der Waals surface area contributed by atoms with Crippen LogP contribution in [-0.2, 0) is 9.84 Å². The lowest BCUT2D eigenvalue weighted by Gasteiger charge is -2.24. The molecule has 6 heteroatoms. The number of sulfone groups is 1. The molecule has 0 saturated carbocycles. The average molecular weight is 178 g/mol. The zero-order valence-corrected chi connectivity index (χ0v) is 6.80. The predicted molar refractivity (Wildman–Crippen MR) is 39.8 cm³/mol. The first-order valence-electron chi connectivity index (χ1n) is 3.26. The van der Waals surface area contributed by atoms with Crippen molar-refractivity contribution in [3.05, 3.63) is 0 Å². The molecule has 2 amide bonds. The quantitative estimate of drug-likeness (QED) is 0.505. The highest BCUT2D eigenvalue weighted by atomic mass is 32.2. The molecule has 0 unspecified atom stereocenters. The maximum Gasteiger partial charge on any atom is 0.314 e. The topological polar surface area (TPSA) is 80.5 Å². The second kappa shape index (κ2) is 2.69. The molecular formula is C5H10N2O3S. The van der Waals surface area contributed by atoms with Crippen LogP contribution in [-0.4, -0.2) is 43.9 Å². The Kier molecular flexibility index (Phi) is 2.03. The minimum absolute atomic E-state index is 0.0376. The first-order chi connectivity index (χ1) is 5.01. The zero-order valence-electron chi connectivity index (χ0n) is 5.99. The largest absolute Gasteiger partial charge is 0.351 e. The van der Waals surface area contributed by atoms with E-state index < -0.39 is 15.9 Å². The molecule has 0 aliphatic carbocycles. The smallest absolute Gasteiger partial charge is 0.314 e. The van der Waals surface area contributed by atoms with Crippen molar-refractivity contribution >= 4 is 15.9 Å². The predicted octanol–water partition coefficient (Wildman–Crippen LogP) is -1.20. The molecule has 2 N–H and O–H groups in total. The van der Waals surface area contributed by atoms with Gasteiger partial charge in [0.15, 0.2) is 9.84 Å². The van der Waals surface area contributed by atoms with Gasteiger partial charge in [0.1, 0.15) is 0 Å². The van der Waals surface area contributed by atoms with Crippen LogP contribution in [0.5, 0.6) is 0 Å². The summed E-state index contributed by atoms with van der Waals surface area (Å²) in [5, 5.41) is 0. The van der Waals surface area contributed by atoms with Crippen molar-refractivity contribution in [3.63, 3.8) is 0 Å². The van der Waals surface area contributed by atoms with Crippen molar-refractivity contribution < 1.29 is 13.2 Å². The number of hydrogen-bond acceptors (Lipinski definition) is 3. The molecule has 0 aromatic heterocycles. The van der Waals surface area contributed by atoms with Crippen LogP contribution >= 0.6 is 0 Å². The van der Waals surface area contributed by atoms with Crippen molar-refractivity contribution in [2.45, 2.75) is 0 Å². The number of amides is 2. The van der Waals surface area contributed by atoms with Gasteiger partial charge >= 0.3 is 6.03 Å². The van der Waals surface area contributed by atoms with E-state index >= 15 is 0 Å². The van der Waals surface area contributed by atoms with Gasteiger partial charge in [0.2, 0.25) is 0 Å². The van der Waals surface area contributed by atoms with Gasteiger partial charge in [-0.2, -0.15) is 0 Å². The molecule has 0 aromatic rings. The van der Waals surface area contributed by atoms with E-state index in [0.29, 0.717) is 0 Å². The Bertz CT molecular complexity index is 245. The number of nitrogens with two attached hydrogens (primary N) is 1. The van der Waals surface area contributed by atoms with Gasteiger partial charge in [-0.25, -0.2) is 13.2 Å². The van der Waals surface area contributed by atoms with Gasteiger partial charge in [-0.3, -0.25) is 0 Å². The lowest BCUT2D eigenvalue weighted by Crippen LogP contribution is -2.46. The summed E-state index contributed by atoms with van der Waals surface area (Å²) < 4.78 is 21.7. The summed E-state index contributed by atoms with van der Waals surface area (Å²) >= 11 is 0. The molecule has 0 bridgehead atoms. The number of carbonyl (C=O) groups excluding carboxylic acids is 1. The van der Waals surface area contributed by atoms with Gasteiger partial charge < -0.3 is 10.6 Å². The van der Waals surface area contributed by atoms with Gasteiger partial charge in [0, 0.05) is 13.1 Å². The lowest BCUT2D eigenvalue weighted by molar-refractivity contribution is 0.212. The highest BCUT2D eigenvalue weighted by molar-refractivity contribution is 7.91. The Morgan fingerprint density at radius 3 is 2.09 bits per heavy atom. The van der Waals surface area contributed by atoms with E-state index in [1.807, 2.05) is 0 Å². The molecule has 0 atom stereocenters. The third-order valence-corrected chi connectivity index (χ3v) is 3.27. The van der Waals surface area contributed by atoms with Crippen LogP contribution in [0.2, 0.25) is 0 Å². The highest BCUT2D eigenvalue weighted by Crippen LogP contribution is 2.02. The number of rotatable bonds is 0. The molecule has 1 aliphatic heterocycles. The van der Waals surface area contributed by atoms with Crippen LogP contribution in [0.1, 0.15) is 0 Å². The fourth-order valence-corrected chi connectivity index (χ4v) is 2.13. The van der Waals surface area contributed by atoms with Crippen LogP contribution in [0.25, 0.3) is 0 Å². The third kappa shape index (κ3) is 2.07. The van der Waals surface area contributed by atoms with Crippen LogP contribution in [0.15, 0.2) is 0 Å². The van der Waals surface area contributed by atoms with Crippen LogP contribution in [0.3, 0.4) is 0 Å². The zero-order chi connectivity index (χ0) is 8.48. The van der Waals surface area contributed by atoms with E-state index in [1.165, 1.54) is 4.90 Å². The van der Waals surface area contributed by atoms with Crippen LogP contribution < -0.4 is 5.73 Å². The van der Waals surface area contributed by atoms with E-state index in [4.69, 9.17) is 5.73 Å². The second-order valence-corrected chi connectivity index (χ2v) is 4.78. The van der Waals surface area contributed by atoms with Gasteiger partial charge in [-0.15, -0.1) is 0 Å². The standard InChI is InChI=1S/C5H10N2O3S/c6-5(8)7-1-3-11(9,10)4-2-7/h1-4H2,(H2,6,8). The number of urea groups is 1. The Labute approximate surface area is 65.1 Å². The molecule has 1 aliphatic rings. The van der Waals surface area contributed by atoms with E-state index in [0.717, 1.165) is 0 Å². The summed E-state index contributed by atoms with van der Waals surface area (Å²) in [5.41, 5.74) is 4.95. The van der Waals surface area contributed by atoms with E-state index in [9.17, 15) is 13.2 Å². The second-order valence-electron chi connectivity index (χ2n) is 2.48. The highest BCUT2D eigenvalue weighted by Gasteiger charge is 2.22. The Balaban J connectivity index is 2.56. The molecule has 64 valence electrons. The van der Waals surface area contributed by atoms with Crippen molar-refractivity contribution in [1.82, 2.24) is 4.90 Å². The Morgan fingerprint density at radius 1 is 1.27 bits per heavy atom. The molecule has 0 aromatic carbocycles. The number of carbonyl (C=O) groups is 1. The molecule has 11 heavy (non-hydrogen) atoms. The van der Waals surface area contributed by atoms with Gasteiger partial charge in [-0.05, 0) is 0 Å². The van der Waals surface area contributed by atoms with Gasteiger partial charge in [-0.1, -0.05) is 0 Å². The van der Waals surface area contributed by atoms with Crippen molar-refractivity contribution in [2.24, 2.45) is 5.73 Å². The number of nitrogens with zero attached hydrogens (tertiary/aromatic N) is 1. The van der Waals surface area contributed by atoms with Crippen molar-refractivity contribution in [1.29, 1.82) is 0 Å². The average Bonchev–Trinajstić information content (AvgIpc) is 1.86. The molecule has 1 rings (SSSR count). The molecular weight excluding hydrogens is 168 g/mol. The first-order valence-corrected chi connectivity index (χ1v) is 5.08. The molecule has 1 fully saturated rings. The maximum atomic E-state index is 10.8. The summed E-state index contributed by atoms with van der Waals surface area (Å²) in [4.78, 5) is 11.9. The number of hydrogen-bond donors (Lipinski definition) is 1. The normalized spacial score (nSPS) is 23.1. The lowest BCUT2D eigenvalue weighted by atomic mass is 10.5. The SMILES string of the molecule is NC(=O)N1CCS(=O)(=O)CC1. The van der Waals surface area contributed by atoms with Gasteiger partial charge in [0.25, 0.3) is 0 Å². The Hall–Kier alpha value is -0.780. The van der Waals surface area contributed by atoms with E-state index in [2.05, 4.69) is 0 Å². The minimum Gasteiger partial charge on any atom is -0.351 e. The summed E-state index contributed by atoms with van der Waals surface area (Å²) in [6.07, 6.45) is 0. The monoisotopic (exact) mass is 178 g/mol. The first kappa shape index (κ1) is 8.32. The summed E-state index contributed by atoms with van der Waals surface area (Å²) in [6.45, 7) is 0.468. The maximum absolute atomic E-state index is 10.8. The molecule has 0 radical (unpaired) electrons. The fourth-order valence-electron chi connectivity index (χ4n) is 0.933. The molecule has 1 heterocycles. The Morgan fingerprint density at radius 2 is 1.73 bits per heavy atom. The molecule has 0 spiro atoms. The van der Waals surface area contributed by atoms with Crippen LogP contribution in [0.4, 0.5) is 4.79 Å². The van der Waals surface area contributed by atoms with Gasteiger partial charge in [0.05, 0.1) is 11.5 Å². The summed E-state index contributed by atoms with van der Waals surface area (Å²) in [6, 6.07) is -0.542. The van der Waals surface area contributed by atoms with E-state index in [-0.39, 0.29) is 24.6 Å². The number of primary amides is 1. The van der Waals surface area contributed by atoms with Crippen molar-refractivity contribution in [2.75, 3.05) is 24.6 Å². The fraction of sp³-hybridized carbons (Fsp3) is 0.800. The minimum atomic E-state index is -2.90. The third-order valence-electron chi connectivity index (χ3n) is 1.66. The van der Waals surface area contributed by atoms with Crippen LogP contribution in [0, 0.1) is 0 Å². The van der Waals surface area contributed by atoms with E-state index in [1.54, 1.807) is 0 Å². The molecule has 5 nitrogen and oxygen atoms in total. The van der Waals surface area contributed by atoms with Crippen molar-refractivity contribution in [3.8, 4) is 0 Å². The summed E-state index contributed by atoms with van der Waals surface area (Å²) in [5.74, 6) is 0.0753. The summed E-state index contributed by atoms with van der Waals surface area (Å²) in [7, 11) is -2.90.